The van der Waals surface area contributed by atoms with Crippen molar-refractivity contribution < 1.29 is 4.79 Å². The van der Waals surface area contributed by atoms with Crippen molar-refractivity contribution in [3.05, 3.63) is 41.0 Å². The van der Waals surface area contributed by atoms with Gasteiger partial charge < -0.3 is 5.32 Å². The van der Waals surface area contributed by atoms with Crippen molar-refractivity contribution in [2.45, 2.75) is 6.92 Å². The van der Waals surface area contributed by atoms with Crippen molar-refractivity contribution in [2.75, 3.05) is 13.6 Å². The maximum Gasteiger partial charge on any atom is 0.150 e. The van der Waals surface area contributed by atoms with Crippen molar-refractivity contribution in [2.24, 2.45) is 0 Å². The molecule has 0 saturated carbocycles. The average molecular weight is 189 g/mol. The van der Waals surface area contributed by atoms with Gasteiger partial charge in [0.25, 0.3) is 0 Å². The molecule has 0 aliphatic heterocycles. The van der Waals surface area contributed by atoms with Crippen molar-refractivity contribution >= 4 is 12.4 Å². The fourth-order valence-corrected chi connectivity index (χ4v) is 1.25. The Kier molecular flexibility index (Phi) is 4.08. The number of carbonyl (C=O) groups is 1. The molecule has 74 valence electrons. The summed E-state index contributed by atoms with van der Waals surface area (Å²) in [6.07, 6.45) is 4.98. The van der Waals surface area contributed by atoms with E-state index in [-0.39, 0.29) is 0 Å². The molecule has 1 N–H and O–H groups in total. The Morgan fingerprint density at radius 2 is 2.21 bits per heavy atom. The number of likely N-dealkylation sites (N-methyl/N-ethyl adjacent to an activating group) is 1. The van der Waals surface area contributed by atoms with E-state index in [1.165, 1.54) is 0 Å². The maximum atomic E-state index is 10.6. The number of carbonyl (C=O) groups excluding carboxylic acids is 1. The Morgan fingerprint density at radius 1 is 1.43 bits per heavy atom. The van der Waals surface area contributed by atoms with E-state index in [1.807, 2.05) is 38.2 Å². The monoisotopic (exact) mass is 189 g/mol. The first-order valence-corrected chi connectivity index (χ1v) is 4.65. The Balaban J connectivity index is 2.81. The van der Waals surface area contributed by atoms with Crippen molar-refractivity contribution in [1.82, 2.24) is 5.32 Å². The minimum absolute atomic E-state index is 0.760. The molecule has 14 heavy (non-hydrogen) atoms. The third-order valence-electron chi connectivity index (χ3n) is 2.05. The molecule has 0 aliphatic rings. The van der Waals surface area contributed by atoms with Gasteiger partial charge in [0.1, 0.15) is 6.29 Å². The molecular weight excluding hydrogens is 174 g/mol. The molecule has 0 spiro atoms. The van der Waals surface area contributed by atoms with Gasteiger partial charge in [0, 0.05) is 12.1 Å². The van der Waals surface area contributed by atoms with Crippen LogP contribution in [0.3, 0.4) is 0 Å². The first-order chi connectivity index (χ1) is 6.77. The number of aryl methyl sites for hydroxylation is 1. The van der Waals surface area contributed by atoms with E-state index in [0.717, 1.165) is 29.5 Å². The second-order valence-corrected chi connectivity index (χ2v) is 3.19. The van der Waals surface area contributed by atoms with Crippen LogP contribution in [0, 0.1) is 6.92 Å². The highest BCUT2D eigenvalue weighted by molar-refractivity contribution is 5.77. The number of aldehydes is 1. The standard InChI is InChI=1S/C12H15NO/c1-10-8-11(4-3-7-13-2)5-6-12(10)9-14/h3-6,8-9,13H,7H2,1-2H3. The topological polar surface area (TPSA) is 29.1 Å². The van der Waals surface area contributed by atoms with Gasteiger partial charge in [0.2, 0.25) is 0 Å². The van der Waals surface area contributed by atoms with Gasteiger partial charge in [-0.1, -0.05) is 30.4 Å². The van der Waals surface area contributed by atoms with Crippen LogP contribution >= 0.6 is 0 Å². The summed E-state index contributed by atoms with van der Waals surface area (Å²) in [4.78, 5) is 10.6. The summed E-state index contributed by atoms with van der Waals surface area (Å²) in [5, 5.41) is 3.03. The van der Waals surface area contributed by atoms with E-state index in [0.29, 0.717) is 0 Å². The summed E-state index contributed by atoms with van der Waals surface area (Å²) in [6.45, 7) is 2.80. The van der Waals surface area contributed by atoms with Gasteiger partial charge in [-0.3, -0.25) is 4.79 Å². The molecule has 0 aliphatic carbocycles. The first kappa shape index (κ1) is 10.7. The van der Waals surface area contributed by atoms with Crippen molar-refractivity contribution in [3.63, 3.8) is 0 Å². The predicted molar refractivity (Wildman–Crippen MR) is 59.5 cm³/mol. The van der Waals surface area contributed by atoms with Crippen LogP contribution in [0.1, 0.15) is 21.5 Å². The Morgan fingerprint density at radius 3 is 2.79 bits per heavy atom. The van der Waals surface area contributed by atoms with Gasteiger partial charge in [-0.05, 0) is 25.1 Å². The lowest BCUT2D eigenvalue weighted by Gasteiger charge is -1.99. The van der Waals surface area contributed by atoms with E-state index in [2.05, 4.69) is 11.4 Å². The zero-order valence-electron chi connectivity index (χ0n) is 8.58. The van der Waals surface area contributed by atoms with Crippen LogP contribution in [-0.4, -0.2) is 19.9 Å². The van der Waals surface area contributed by atoms with Crippen LogP contribution in [-0.2, 0) is 0 Å². The van der Waals surface area contributed by atoms with Gasteiger partial charge in [-0.15, -0.1) is 0 Å². The minimum atomic E-state index is 0.760. The molecule has 2 heteroatoms. The lowest BCUT2D eigenvalue weighted by atomic mass is 10.1. The zero-order chi connectivity index (χ0) is 10.4. The van der Waals surface area contributed by atoms with E-state index in [1.54, 1.807) is 0 Å². The van der Waals surface area contributed by atoms with E-state index < -0.39 is 0 Å². The molecule has 1 rings (SSSR count). The summed E-state index contributed by atoms with van der Waals surface area (Å²) < 4.78 is 0. The second-order valence-electron chi connectivity index (χ2n) is 3.19. The van der Waals surface area contributed by atoms with Crippen LogP contribution in [0.15, 0.2) is 24.3 Å². The lowest BCUT2D eigenvalue weighted by molar-refractivity contribution is 0.112. The molecule has 2 nitrogen and oxygen atoms in total. The normalized spacial score (nSPS) is 10.7. The highest BCUT2D eigenvalue weighted by Crippen LogP contribution is 2.10. The number of benzene rings is 1. The van der Waals surface area contributed by atoms with Crippen molar-refractivity contribution in [1.29, 1.82) is 0 Å². The van der Waals surface area contributed by atoms with E-state index >= 15 is 0 Å². The Hall–Kier alpha value is -1.41. The SMILES string of the molecule is CNCC=Cc1ccc(C=O)c(C)c1. The third kappa shape index (κ3) is 2.82. The van der Waals surface area contributed by atoms with Crippen LogP contribution in [0.2, 0.25) is 0 Å². The smallest absolute Gasteiger partial charge is 0.150 e. The molecule has 0 heterocycles. The molecule has 0 saturated heterocycles. The summed E-state index contributed by atoms with van der Waals surface area (Å²) in [6, 6.07) is 5.81. The summed E-state index contributed by atoms with van der Waals surface area (Å²) in [7, 11) is 1.91. The molecule has 0 radical (unpaired) electrons. The number of rotatable bonds is 4. The molecule has 0 aromatic heterocycles. The fraction of sp³-hybridized carbons (Fsp3) is 0.250. The molecule has 1 aromatic rings. The molecule has 1 aromatic carbocycles. The summed E-state index contributed by atoms with van der Waals surface area (Å²) in [5.74, 6) is 0. The van der Waals surface area contributed by atoms with Crippen LogP contribution in [0.25, 0.3) is 6.08 Å². The van der Waals surface area contributed by atoms with Crippen molar-refractivity contribution in [3.8, 4) is 0 Å². The average Bonchev–Trinajstić information content (AvgIpc) is 2.18. The molecular formula is C12H15NO. The highest BCUT2D eigenvalue weighted by atomic mass is 16.1. The minimum Gasteiger partial charge on any atom is -0.316 e. The summed E-state index contributed by atoms with van der Waals surface area (Å²) in [5.41, 5.74) is 2.91. The fourth-order valence-electron chi connectivity index (χ4n) is 1.25. The summed E-state index contributed by atoms with van der Waals surface area (Å²) >= 11 is 0. The van der Waals surface area contributed by atoms with Crippen LogP contribution in [0.4, 0.5) is 0 Å². The number of nitrogens with one attached hydrogen (secondary N) is 1. The predicted octanol–water partition coefficient (Wildman–Crippen LogP) is 2.04. The largest absolute Gasteiger partial charge is 0.316 e. The molecule has 0 atom stereocenters. The zero-order valence-corrected chi connectivity index (χ0v) is 8.58. The van der Waals surface area contributed by atoms with Gasteiger partial charge in [-0.25, -0.2) is 0 Å². The third-order valence-corrected chi connectivity index (χ3v) is 2.05. The van der Waals surface area contributed by atoms with Gasteiger partial charge in [0.05, 0.1) is 0 Å². The number of hydrogen-bond donors (Lipinski definition) is 1. The quantitative estimate of drug-likeness (QED) is 0.734. The lowest BCUT2D eigenvalue weighted by Crippen LogP contribution is -2.03. The van der Waals surface area contributed by atoms with Gasteiger partial charge in [0.15, 0.2) is 0 Å². The van der Waals surface area contributed by atoms with Crippen LogP contribution in [0.5, 0.6) is 0 Å². The van der Waals surface area contributed by atoms with Gasteiger partial charge in [-0.2, -0.15) is 0 Å². The molecule has 0 fully saturated rings. The highest BCUT2D eigenvalue weighted by Gasteiger charge is 1.95. The number of hydrogen-bond acceptors (Lipinski definition) is 2. The van der Waals surface area contributed by atoms with Crippen LogP contribution < -0.4 is 5.32 Å². The van der Waals surface area contributed by atoms with Gasteiger partial charge >= 0.3 is 0 Å². The molecule has 0 amide bonds. The van der Waals surface area contributed by atoms with E-state index in [4.69, 9.17) is 0 Å². The maximum absolute atomic E-state index is 10.6. The Labute approximate surface area is 84.6 Å². The molecule has 0 bridgehead atoms. The molecule has 0 unspecified atom stereocenters. The Bertz CT molecular complexity index is 342. The first-order valence-electron chi connectivity index (χ1n) is 4.65. The van der Waals surface area contributed by atoms with E-state index in [9.17, 15) is 4.79 Å². The second kappa shape index (κ2) is 5.35.